The number of rotatable bonds is 4. The van der Waals surface area contributed by atoms with Gasteiger partial charge >= 0.3 is 0 Å². The number of hydrogen-bond acceptors (Lipinski definition) is 2. The van der Waals surface area contributed by atoms with E-state index in [0.717, 1.165) is 19.1 Å². The molecular weight excluding hydrogens is 174 g/mol. The molecule has 1 N–H and O–H groups in total. The van der Waals surface area contributed by atoms with Gasteiger partial charge in [-0.3, -0.25) is 4.68 Å². The molecule has 0 spiro atoms. The van der Waals surface area contributed by atoms with E-state index in [1.54, 1.807) is 0 Å². The van der Waals surface area contributed by atoms with Crippen LogP contribution in [0.25, 0.3) is 0 Å². The zero-order valence-electron chi connectivity index (χ0n) is 8.87. The molecular formula is C11H19N3. The second kappa shape index (κ2) is 4.60. The quantitative estimate of drug-likeness (QED) is 0.789. The maximum absolute atomic E-state index is 4.26. The summed E-state index contributed by atoms with van der Waals surface area (Å²) in [6, 6.07) is 2.82. The van der Waals surface area contributed by atoms with Gasteiger partial charge in [0.25, 0.3) is 0 Å². The number of aryl methyl sites for hydroxylation is 1. The van der Waals surface area contributed by atoms with E-state index < -0.39 is 0 Å². The number of nitrogens with zero attached hydrogens (tertiary/aromatic N) is 2. The minimum absolute atomic E-state index is 0.769. The van der Waals surface area contributed by atoms with Crippen LogP contribution in [-0.2, 0) is 6.54 Å². The maximum atomic E-state index is 4.26. The summed E-state index contributed by atoms with van der Waals surface area (Å²) in [5.74, 6) is 0. The van der Waals surface area contributed by atoms with Gasteiger partial charge in [-0.2, -0.15) is 5.10 Å². The molecule has 1 aliphatic carbocycles. The molecule has 1 aliphatic rings. The van der Waals surface area contributed by atoms with Crippen molar-refractivity contribution < 1.29 is 0 Å². The minimum Gasteiger partial charge on any atom is -0.312 e. The SMILES string of the molecule is Cc1ccnn1CCNC1CCCC1. The Morgan fingerprint density at radius 1 is 1.50 bits per heavy atom. The van der Waals surface area contributed by atoms with Gasteiger partial charge in [0.2, 0.25) is 0 Å². The first kappa shape index (κ1) is 9.71. The molecule has 1 heterocycles. The fourth-order valence-corrected chi connectivity index (χ4v) is 2.14. The van der Waals surface area contributed by atoms with E-state index in [1.807, 2.05) is 6.20 Å². The topological polar surface area (TPSA) is 29.9 Å². The van der Waals surface area contributed by atoms with Crippen LogP contribution >= 0.6 is 0 Å². The summed E-state index contributed by atoms with van der Waals surface area (Å²) in [4.78, 5) is 0. The zero-order chi connectivity index (χ0) is 9.80. The van der Waals surface area contributed by atoms with Crippen molar-refractivity contribution in [2.24, 2.45) is 0 Å². The van der Waals surface area contributed by atoms with Crippen molar-refractivity contribution in [3.05, 3.63) is 18.0 Å². The van der Waals surface area contributed by atoms with Crippen molar-refractivity contribution in [1.82, 2.24) is 15.1 Å². The third kappa shape index (κ3) is 2.35. The smallest absolute Gasteiger partial charge is 0.0537 e. The highest BCUT2D eigenvalue weighted by molar-refractivity contribution is 4.96. The zero-order valence-corrected chi connectivity index (χ0v) is 8.87. The standard InChI is InChI=1S/C11H19N3/c1-10-6-7-13-14(10)9-8-12-11-4-2-3-5-11/h6-7,11-12H,2-5,8-9H2,1H3. The van der Waals surface area contributed by atoms with Gasteiger partial charge in [0.1, 0.15) is 0 Å². The first-order chi connectivity index (χ1) is 6.86. The van der Waals surface area contributed by atoms with Crippen molar-refractivity contribution in [1.29, 1.82) is 0 Å². The van der Waals surface area contributed by atoms with Crippen LogP contribution < -0.4 is 5.32 Å². The van der Waals surface area contributed by atoms with Crippen molar-refractivity contribution in [3.8, 4) is 0 Å². The normalized spacial score (nSPS) is 17.8. The van der Waals surface area contributed by atoms with E-state index in [2.05, 4.69) is 28.1 Å². The molecule has 78 valence electrons. The maximum Gasteiger partial charge on any atom is 0.0537 e. The van der Waals surface area contributed by atoms with Gasteiger partial charge in [0.15, 0.2) is 0 Å². The summed E-state index contributed by atoms with van der Waals surface area (Å²) < 4.78 is 2.06. The Hall–Kier alpha value is -0.830. The Labute approximate surface area is 85.5 Å². The Bertz CT molecular complexity index is 274. The third-order valence-corrected chi connectivity index (χ3v) is 3.04. The summed E-state index contributed by atoms with van der Waals surface area (Å²) in [6.07, 6.45) is 7.39. The first-order valence-electron chi connectivity index (χ1n) is 5.58. The highest BCUT2D eigenvalue weighted by Gasteiger charge is 2.13. The summed E-state index contributed by atoms with van der Waals surface area (Å²) in [7, 11) is 0. The molecule has 3 heteroatoms. The second-order valence-electron chi connectivity index (χ2n) is 4.13. The molecule has 1 saturated carbocycles. The van der Waals surface area contributed by atoms with Crippen LogP contribution in [0.15, 0.2) is 12.3 Å². The molecule has 1 aromatic heterocycles. The molecule has 0 atom stereocenters. The molecule has 0 saturated heterocycles. The van der Waals surface area contributed by atoms with Crippen LogP contribution in [0, 0.1) is 6.92 Å². The molecule has 0 bridgehead atoms. The fourth-order valence-electron chi connectivity index (χ4n) is 2.14. The molecule has 0 radical (unpaired) electrons. The van der Waals surface area contributed by atoms with Crippen LogP contribution in [0.5, 0.6) is 0 Å². The van der Waals surface area contributed by atoms with Crippen LogP contribution in [0.3, 0.4) is 0 Å². The summed E-state index contributed by atoms with van der Waals surface area (Å²) in [6.45, 7) is 4.14. The Kier molecular flexibility index (Phi) is 3.19. The van der Waals surface area contributed by atoms with Crippen molar-refractivity contribution >= 4 is 0 Å². The van der Waals surface area contributed by atoms with Crippen molar-refractivity contribution in [3.63, 3.8) is 0 Å². The van der Waals surface area contributed by atoms with Crippen LogP contribution in [0.1, 0.15) is 31.4 Å². The van der Waals surface area contributed by atoms with Gasteiger partial charge in [0, 0.05) is 24.5 Å². The molecule has 0 unspecified atom stereocenters. The monoisotopic (exact) mass is 193 g/mol. The molecule has 0 amide bonds. The Morgan fingerprint density at radius 3 is 2.93 bits per heavy atom. The van der Waals surface area contributed by atoms with Crippen molar-refractivity contribution in [2.45, 2.75) is 45.2 Å². The predicted octanol–water partition coefficient (Wildman–Crippen LogP) is 1.72. The first-order valence-corrected chi connectivity index (χ1v) is 5.58. The van der Waals surface area contributed by atoms with E-state index in [1.165, 1.54) is 31.4 Å². The number of hydrogen-bond donors (Lipinski definition) is 1. The minimum atomic E-state index is 0.769. The van der Waals surface area contributed by atoms with Gasteiger partial charge in [-0.25, -0.2) is 0 Å². The molecule has 0 aromatic carbocycles. The predicted molar refractivity (Wildman–Crippen MR) is 57.2 cm³/mol. The summed E-state index contributed by atoms with van der Waals surface area (Å²) in [5, 5.41) is 7.84. The van der Waals surface area contributed by atoms with E-state index in [-0.39, 0.29) is 0 Å². The van der Waals surface area contributed by atoms with E-state index in [0.29, 0.717) is 0 Å². The molecule has 3 nitrogen and oxygen atoms in total. The van der Waals surface area contributed by atoms with Gasteiger partial charge < -0.3 is 5.32 Å². The van der Waals surface area contributed by atoms with Gasteiger partial charge in [-0.05, 0) is 25.8 Å². The van der Waals surface area contributed by atoms with Gasteiger partial charge in [-0.1, -0.05) is 12.8 Å². The van der Waals surface area contributed by atoms with Gasteiger partial charge in [0.05, 0.1) is 6.54 Å². The Balaban J connectivity index is 1.70. The highest BCUT2D eigenvalue weighted by atomic mass is 15.3. The molecule has 14 heavy (non-hydrogen) atoms. The lowest BCUT2D eigenvalue weighted by molar-refractivity contribution is 0.476. The second-order valence-corrected chi connectivity index (χ2v) is 4.13. The number of nitrogens with one attached hydrogen (secondary N) is 1. The lowest BCUT2D eigenvalue weighted by Crippen LogP contribution is -2.29. The molecule has 2 rings (SSSR count). The fraction of sp³-hybridized carbons (Fsp3) is 0.727. The van der Waals surface area contributed by atoms with Crippen LogP contribution in [0.4, 0.5) is 0 Å². The van der Waals surface area contributed by atoms with Crippen LogP contribution in [0.2, 0.25) is 0 Å². The van der Waals surface area contributed by atoms with E-state index in [4.69, 9.17) is 0 Å². The van der Waals surface area contributed by atoms with Crippen molar-refractivity contribution in [2.75, 3.05) is 6.54 Å². The van der Waals surface area contributed by atoms with Crippen LogP contribution in [-0.4, -0.2) is 22.4 Å². The lowest BCUT2D eigenvalue weighted by atomic mass is 10.2. The average Bonchev–Trinajstić information content (AvgIpc) is 2.78. The van der Waals surface area contributed by atoms with E-state index in [9.17, 15) is 0 Å². The van der Waals surface area contributed by atoms with E-state index >= 15 is 0 Å². The molecule has 1 aromatic rings. The average molecular weight is 193 g/mol. The Morgan fingerprint density at radius 2 is 2.29 bits per heavy atom. The summed E-state index contributed by atoms with van der Waals surface area (Å²) >= 11 is 0. The largest absolute Gasteiger partial charge is 0.312 e. The highest BCUT2D eigenvalue weighted by Crippen LogP contribution is 2.17. The molecule has 0 aliphatic heterocycles. The number of aromatic nitrogens is 2. The van der Waals surface area contributed by atoms with Gasteiger partial charge in [-0.15, -0.1) is 0 Å². The lowest BCUT2D eigenvalue weighted by Gasteiger charge is -2.12. The summed E-state index contributed by atoms with van der Waals surface area (Å²) in [5.41, 5.74) is 1.25. The molecule has 1 fully saturated rings. The third-order valence-electron chi connectivity index (χ3n) is 3.04.